The van der Waals surface area contributed by atoms with E-state index in [0.717, 1.165) is 11.1 Å². The van der Waals surface area contributed by atoms with Gasteiger partial charge in [-0.15, -0.1) is 0 Å². The first-order valence-corrected chi connectivity index (χ1v) is 22.0. The van der Waals surface area contributed by atoms with E-state index in [2.05, 4.69) is 29.8 Å². The van der Waals surface area contributed by atoms with Gasteiger partial charge >= 0.3 is 6.09 Å². The van der Waals surface area contributed by atoms with Gasteiger partial charge in [-0.25, -0.2) is 4.79 Å². The second-order valence-electron chi connectivity index (χ2n) is 18.3. The lowest BCUT2D eigenvalue weighted by Gasteiger charge is -2.29. The summed E-state index contributed by atoms with van der Waals surface area (Å²) >= 11 is 0. The molecule has 0 unspecified atom stereocenters. The van der Waals surface area contributed by atoms with Gasteiger partial charge < -0.3 is 30.3 Å². The zero-order valence-electron chi connectivity index (χ0n) is 38.4. The Bertz CT molecular complexity index is 2010. The fourth-order valence-corrected chi connectivity index (χ4v) is 7.76. The fourth-order valence-electron chi connectivity index (χ4n) is 7.76. The number of ether oxygens (including phenoxy) is 2. The molecule has 1 aliphatic carbocycles. The van der Waals surface area contributed by atoms with Gasteiger partial charge in [-0.05, 0) is 123 Å². The molecule has 62 heavy (non-hydrogen) atoms. The van der Waals surface area contributed by atoms with Crippen LogP contribution in [0.15, 0.2) is 89.0 Å². The summed E-state index contributed by atoms with van der Waals surface area (Å²) in [4.78, 5) is 81.9. The number of hydrogen-bond acceptors (Lipinski definition) is 8. The maximum Gasteiger partial charge on any atom is 0.408 e. The molecule has 0 bridgehead atoms. The molecule has 4 rings (SSSR count). The molecule has 0 radical (unpaired) electrons. The molecule has 3 N–H and O–H groups in total. The van der Waals surface area contributed by atoms with Crippen molar-refractivity contribution in [3.05, 3.63) is 100 Å². The number of allylic oxidation sites excluding steroid dienone is 4. The van der Waals surface area contributed by atoms with Crippen LogP contribution in [-0.2, 0) is 41.6 Å². The quantitative estimate of drug-likeness (QED) is 0.0743. The van der Waals surface area contributed by atoms with Crippen molar-refractivity contribution in [2.24, 2.45) is 11.8 Å². The summed E-state index contributed by atoms with van der Waals surface area (Å²) in [5, 5.41) is 8.87. The molecule has 336 valence electrons. The second-order valence-corrected chi connectivity index (χ2v) is 18.3. The van der Waals surface area contributed by atoms with E-state index in [-0.39, 0.29) is 47.8 Å². The summed E-state index contributed by atoms with van der Waals surface area (Å²) in [6.07, 6.45) is 6.50. The molecule has 2 aliphatic rings. The summed E-state index contributed by atoms with van der Waals surface area (Å²) in [5.74, 6) is -0.846. The Morgan fingerprint density at radius 1 is 0.806 bits per heavy atom. The smallest absolute Gasteiger partial charge is 0.408 e. The Morgan fingerprint density at radius 2 is 1.45 bits per heavy atom. The Hall–Kier alpha value is -5.52. The van der Waals surface area contributed by atoms with Crippen LogP contribution in [0.3, 0.4) is 0 Å². The van der Waals surface area contributed by atoms with Gasteiger partial charge in [0.05, 0.1) is 18.6 Å². The minimum atomic E-state index is -0.904. The first-order valence-electron chi connectivity index (χ1n) is 22.0. The predicted molar refractivity (Wildman–Crippen MR) is 241 cm³/mol. The Morgan fingerprint density at radius 3 is 2.08 bits per heavy atom. The van der Waals surface area contributed by atoms with E-state index < -0.39 is 35.6 Å². The minimum absolute atomic E-state index is 0.0829. The van der Waals surface area contributed by atoms with Crippen LogP contribution in [0.1, 0.15) is 112 Å². The zero-order valence-corrected chi connectivity index (χ0v) is 38.4. The van der Waals surface area contributed by atoms with Crippen molar-refractivity contribution in [1.29, 1.82) is 0 Å². The lowest BCUT2D eigenvalue weighted by Crippen LogP contribution is -2.55. The summed E-state index contributed by atoms with van der Waals surface area (Å²) in [6, 6.07) is 14.8. The van der Waals surface area contributed by atoms with Crippen LogP contribution >= 0.6 is 0 Å². The summed E-state index contributed by atoms with van der Waals surface area (Å²) in [6.45, 7) is 19.1. The van der Waals surface area contributed by atoms with Gasteiger partial charge in [0, 0.05) is 41.3 Å². The van der Waals surface area contributed by atoms with Crippen molar-refractivity contribution >= 4 is 35.4 Å². The van der Waals surface area contributed by atoms with Gasteiger partial charge in [0.2, 0.25) is 17.7 Å². The number of amides is 4. The van der Waals surface area contributed by atoms with Crippen molar-refractivity contribution in [2.45, 2.75) is 144 Å². The van der Waals surface area contributed by atoms with E-state index >= 15 is 0 Å². The molecule has 1 heterocycles. The maximum atomic E-state index is 14.5. The van der Waals surface area contributed by atoms with Crippen LogP contribution in [0, 0.1) is 11.8 Å². The normalized spacial score (nSPS) is 17.4. The monoisotopic (exact) mass is 853 g/mol. The number of alkyl carbamates (subject to hydrolysis) is 1. The fraction of sp³-hybridized carbons (Fsp3) is 0.520. The molecule has 4 atom stereocenters. The van der Waals surface area contributed by atoms with E-state index in [4.69, 9.17) is 9.47 Å². The minimum Gasteiger partial charge on any atom is -0.494 e. The lowest BCUT2D eigenvalue weighted by molar-refractivity contribution is -0.141. The van der Waals surface area contributed by atoms with Crippen molar-refractivity contribution in [1.82, 2.24) is 20.9 Å². The third-order valence-electron chi connectivity index (χ3n) is 11.0. The third kappa shape index (κ3) is 14.6. The van der Waals surface area contributed by atoms with Crippen molar-refractivity contribution in [3.63, 3.8) is 0 Å². The molecule has 1 fully saturated rings. The van der Waals surface area contributed by atoms with Crippen molar-refractivity contribution < 1.29 is 38.2 Å². The molecule has 0 saturated carbocycles. The molecular weight excluding hydrogens is 785 g/mol. The molecule has 2 aromatic rings. The summed E-state index contributed by atoms with van der Waals surface area (Å²) in [5.41, 5.74) is 3.13. The van der Waals surface area contributed by atoms with Gasteiger partial charge in [0.1, 0.15) is 23.4 Å². The molecule has 12 nitrogen and oxygen atoms in total. The van der Waals surface area contributed by atoms with E-state index in [1.165, 1.54) is 0 Å². The number of carbonyl (C=O) groups excluding carboxylic acids is 6. The van der Waals surface area contributed by atoms with E-state index in [1.54, 1.807) is 37.8 Å². The van der Waals surface area contributed by atoms with Crippen LogP contribution in [0.4, 0.5) is 4.79 Å². The maximum absolute atomic E-state index is 14.5. The predicted octanol–water partition coefficient (Wildman–Crippen LogP) is 7.55. The number of Topliss-reactive ketones (excluding diaryl/α,β-unsaturated/α-hetero) is 2. The molecule has 1 aliphatic heterocycles. The molecule has 4 amide bonds. The number of nitrogens with zero attached hydrogens (tertiary/aromatic N) is 1. The van der Waals surface area contributed by atoms with Crippen LogP contribution in [0.25, 0.3) is 0 Å². The molecule has 0 aromatic heterocycles. The average molecular weight is 853 g/mol. The highest BCUT2D eigenvalue weighted by molar-refractivity contribution is 6.24. The Balaban J connectivity index is 1.45. The largest absolute Gasteiger partial charge is 0.494 e. The topological polar surface area (TPSA) is 160 Å². The van der Waals surface area contributed by atoms with E-state index in [9.17, 15) is 28.8 Å². The highest BCUT2D eigenvalue weighted by Crippen LogP contribution is 2.28. The number of hydrogen-bond donors (Lipinski definition) is 3. The van der Waals surface area contributed by atoms with Gasteiger partial charge in [-0.2, -0.15) is 0 Å². The highest BCUT2D eigenvalue weighted by Gasteiger charge is 2.38. The molecule has 1 saturated heterocycles. The molecule has 0 spiro atoms. The van der Waals surface area contributed by atoms with Gasteiger partial charge in [-0.1, -0.05) is 68.5 Å². The SMILES string of the molecule is CC1=C(C)C(=O)C(CCCOc2ccc(C[C@H](NC(=O)[C@@H]3CCCN3C(=O)[C@H](/C=C/[C@H](CC(C)C)NC(=O)OC(C)(C)C)Cc3ccccc3)C(=O)NC(C)C)cc2)=C(C)C1=O. The first-order chi connectivity index (χ1) is 29.2. The number of benzene rings is 2. The second kappa shape index (κ2) is 22.5. The molecule has 2 aromatic carbocycles. The number of ketones is 2. The Kier molecular flexibility index (Phi) is 17.9. The number of rotatable bonds is 19. The van der Waals surface area contributed by atoms with Gasteiger partial charge in [0.15, 0.2) is 11.6 Å². The first kappa shape index (κ1) is 49.1. The van der Waals surface area contributed by atoms with Crippen LogP contribution in [-0.4, -0.2) is 83.2 Å². The van der Waals surface area contributed by atoms with Crippen LogP contribution in [0.5, 0.6) is 5.75 Å². The lowest BCUT2D eigenvalue weighted by atomic mass is 9.84. The van der Waals surface area contributed by atoms with E-state index in [1.807, 2.05) is 89.2 Å². The third-order valence-corrected chi connectivity index (χ3v) is 11.0. The van der Waals surface area contributed by atoms with Crippen molar-refractivity contribution in [3.8, 4) is 5.75 Å². The van der Waals surface area contributed by atoms with Gasteiger partial charge in [-0.3, -0.25) is 24.0 Å². The zero-order chi connectivity index (χ0) is 45.7. The van der Waals surface area contributed by atoms with Crippen molar-refractivity contribution in [2.75, 3.05) is 13.2 Å². The average Bonchev–Trinajstić information content (AvgIpc) is 3.70. The number of likely N-dealkylation sites (tertiary alicyclic amines) is 1. The Labute approximate surface area is 368 Å². The van der Waals surface area contributed by atoms with E-state index in [0.29, 0.717) is 79.7 Å². The molecular formula is C50H68N4O8. The van der Waals surface area contributed by atoms with Gasteiger partial charge in [0.25, 0.3) is 0 Å². The van der Waals surface area contributed by atoms with Crippen LogP contribution < -0.4 is 20.7 Å². The number of carbonyl (C=O) groups is 6. The summed E-state index contributed by atoms with van der Waals surface area (Å²) in [7, 11) is 0. The summed E-state index contributed by atoms with van der Waals surface area (Å²) < 4.78 is 11.5. The molecule has 12 heteroatoms. The standard InChI is InChI=1S/C50H68N4O8/c1-31(2)28-39(52-49(60)62-50(8,9)10)23-22-38(29-36-16-12-11-13-17-36)48(59)54-26-14-19-43(54)47(58)53-42(46(57)51-32(3)4)30-37-20-24-40(25-21-37)61-27-15-18-41-35(7)44(55)33(5)34(6)45(41)56/h11-13,16-17,20-25,31-32,38-39,42-43H,14-15,18-19,26-30H2,1-10H3,(H,51,57)(H,52,60)(H,53,58)/b23-22+/t38-,39-,42+,43+/m1/s1. The highest BCUT2D eigenvalue weighted by atomic mass is 16.6. The van der Waals surface area contributed by atoms with Crippen LogP contribution in [0.2, 0.25) is 0 Å². The number of nitrogens with one attached hydrogen (secondary N) is 3.